The molecule has 18 heavy (non-hydrogen) atoms. The van der Waals surface area contributed by atoms with Crippen LogP contribution >= 0.6 is 11.6 Å². The smallest absolute Gasteiger partial charge is 0.237 e. The van der Waals surface area contributed by atoms with E-state index >= 15 is 0 Å². The van der Waals surface area contributed by atoms with Crippen LogP contribution in [-0.2, 0) is 9.59 Å². The van der Waals surface area contributed by atoms with Crippen LogP contribution in [0.15, 0.2) is 18.2 Å². The largest absolute Gasteiger partial charge is 0.506 e. The SMILES string of the molecule is O=C1C2CCCC2C(=O)N1c1ccc(O)c(Cl)c1. The Labute approximate surface area is 109 Å². The Kier molecular flexibility index (Phi) is 2.55. The summed E-state index contributed by atoms with van der Waals surface area (Å²) in [5.41, 5.74) is 0.446. The first-order valence-electron chi connectivity index (χ1n) is 5.96. The molecule has 1 heterocycles. The highest BCUT2D eigenvalue weighted by atomic mass is 35.5. The van der Waals surface area contributed by atoms with Crippen molar-refractivity contribution in [2.24, 2.45) is 11.8 Å². The molecule has 0 aromatic heterocycles. The first kappa shape index (κ1) is 11.5. The number of phenols is 1. The lowest BCUT2D eigenvalue weighted by Gasteiger charge is -2.16. The van der Waals surface area contributed by atoms with E-state index in [1.54, 1.807) is 0 Å². The zero-order valence-corrected chi connectivity index (χ0v) is 10.4. The minimum atomic E-state index is -0.162. The van der Waals surface area contributed by atoms with Gasteiger partial charge in [0.2, 0.25) is 11.8 Å². The minimum Gasteiger partial charge on any atom is -0.506 e. The Morgan fingerprint density at radius 1 is 1.17 bits per heavy atom. The van der Waals surface area contributed by atoms with Gasteiger partial charge in [-0.3, -0.25) is 9.59 Å². The van der Waals surface area contributed by atoms with Crippen molar-refractivity contribution in [3.8, 4) is 5.75 Å². The highest BCUT2D eigenvalue weighted by Crippen LogP contribution is 2.42. The maximum atomic E-state index is 12.2. The van der Waals surface area contributed by atoms with E-state index in [0.717, 1.165) is 19.3 Å². The number of hydrogen-bond donors (Lipinski definition) is 1. The van der Waals surface area contributed by atoms with E-state index in [-0.39, 0.29) is 34.4 Å². The van der Waals surface area contributed by atoms with Gasteiger partial charge >= 0.3 is 0 Å². The van der Waals surface area contributed by atoms with Crippen molar-refractivity contribution in [2.75, 3.05) is 4.90 Å². The summed E-state index contributed by atoms with van der Waals surface area (Å²) in [7, 11) is 0. The van der Waals surface area contributed by atoms with Crippen LogP contribution in [0.1, 0.15) is 19.3 Å². The predicted octanol–water partition coefficient (Wildman–Crippen LogP) is 2.34. The summed E-state index contributed by atoms with van der Waals surface area (Å²) in [6.45, 7) is 0. The number of anilines is 1. The van der Waals surface area contributed by atoms with Crippen molar-refractivity contribution in [3.63, 3.8) is 0 Å². The number of fused-ring (bicyclic) bond motifs is 1. The second kappa shape index (κ2) is 3.99. The second-order valence-electron chi connectivity index (χ2n) is 4.79. The van der Waals surface area contributed by atoms with Crippen LogP contribution in [0.2, 0.25) is 5.02 Å². The Balaban J connectivity index is 1.99. The number of aromatic hydroxyl groups is 1. The molecule has 1 aromatic carbocycles. The van der Waals surface area contributed by atoms with E-state index in [1.165, 1.54) is 23.1 Å². The zero-order chi connectivity index (χ0) is 12.9. The molecule has 2 aliphatic rings. The van der Waals surface area contributed by atoms with Gasteiger partial charge in [-0.25, -0.2) is 4.90 Å². The highest BCUT2D eigenvalue weighted by Gasteiger charge is 2.50. The Bertz CT molecular complexity index is 521. The van der Waals surface area contributed by atoms with Crippen LogP contribution in [-0.4, -0.2) is 16.9 Å². The molecule has 2 unspecified atom stereocenters. The van der Waals surface area contributed by atoms with Crippen LogP contribution in [0.25, 0.3) is 0 Å². The quantitative estimate of drug-likeness (QED) is 0.793. The highest BCUT2D eigenvalue weighted by molar-refractivity contribution is 6.32. The summed E-state index contributed by atoms with van der Waals surface area (Å²) in [6, 6.07) is 4.39. The molecule has 5 heteroatoms. The average molecular weight is 266 g/mol. The molecular formula is C13H12ClNO3. The number of carbonyl (C=O) groups excluding carboxylic acids is 2. The Morgan fingerprint density at radius 2 is 1.78 bits per heavy atom. The molecule has 1 aliphatic heterocycles. The van der Waals surface area contributed by atoms with Crippen molar-refractivity contribution in [1.82, 2.24) is 0 Å². The molecule has 1 aliphatic carbocycles. The van der Waals surface area contributed by atoms with Crippen molar-refractivity contribution < 1.29 is 14.7 Å². The van der Waals surface area contributed by atoms with Gasteiger partial charge in [-0.2, -0.15) is 0 Å². The summed E-state index contributed by atoms with van der Waals surface area (Å²) >= 11 is 5.81. The normalized spacial score (nSPS) is 26.8. The van der Waals surface area contributed by atoms with Gasteiger partial charge in [0.15, 0.2) is 0 Å². The van der Waals surface area contributed by atoms with Gasteiger partial charge in [-0.15, -0.1) is 0 Å². The number of rotatable bonds is 1. The number of halogens is 1. The fourth-order valence-electron chi connectivity index (χ4n) is 2.88. The van der Waals surface area contributed by atoms with E-state index in [2.05, 4.69) is 0 Å². The fourth-order valence-corrected chi connectivity index (χ4v) is 3.06. The number of phenolic OH excluding ortho intramolecular Hbond substituents is 1. The van der Waals surface area contributed by atoms with Crippen LogP contribution in [0.4, 0.5) is 5.69 Å². The van der Waals surface area contributed by atoms with Gasteiger partial charge in [0, 0.05) is 0 Å². The van der Waals surface area contributed by atoms with E-state index in [1.807, 2.05) is 0 Å². The van der Waals surface area contributed by atoms with Crippen molar-refractivity contribution in [3.05, 3.63) is 23.2 Å². The maximum absolute atomic E-state index is 12.2. The number of nitrogens with zero attached hydrogens (tertiary/aromatic N) is 1. The summed E-state index contributed by atoms with van der Waals surface area (Å²) < 4.78 is 0. The number of carbonyl (C=O) groups is 2. The van der Waals surface area contributed by atoms with Crippen molar-refractivity contribution in [1.29, 1.82) is 0 Å². The number of hydrogen-bond acceptors (Lipinski definition) is 3. The molecule has 4 nitrogen and oxygen atoms in total. The Hall–Kier alpha value is -1.55. The molecule has 1 saturated carbocycles. The summed E-state index contributed by atoms with van der Waals surface area (Å²) in [4.78, 5) is 25.6. The van der Waals surface area contributed by atoms with Crippen molar-refractivity contribution >= 4 is 29.1 Å². The molecule has 0 bridgehead atoms. The third-order valence-corrected chi connectivity index (χ3v) is 4.08. The number of imide groups is 1. The molecule has 0 spiro atoms. The van der Waals surface area contributed by atoms with Crippen LogP contribution < -0.4 is 4.90 Å². The lowest BCUT2D eigenvalue weighted by molar-refractivity contribution is -0.122. The number of amides is 2. The van der Waals surface area contributed by atoms with Gasteiger partial charge in [0.1, 0.15) is 5.75 Å². The predicted molar refractivity (Wildman–Crippen MR) is 66.4 cm³/mol. The van der Waals surface area contributed by atoms with Gasteiger partial charge in [-0.05, 0) is 31.0 Å². The van der Waals surface area contributed by atoms with Gasteiger partial charge in [0.25, 0.3) is 0 Å². The van der Waals surface area contributed by atoms with Gasteiger partial charge in [0.05, 0.1) is 22.5 Å². The third kappa shape index (κ3) is 1.52. The van der Waals surface area contributed by atoms with Crippen molar-refractivity contribution in [2.45, 2.75) is 19.3 Å². The van der Waals surface area contributed by atoms with Crippen LogP contribution in [0.5, 0.6) is 5.75 Å². The lowest BCUT2D eigenvalue weighted by atomic mass is 10.00. The molecule has 1 N–H and O–H groups in total. The molecule has 2 fully saturated rings. The fraction of sp³-hybridized carbons (Fsp3) is 0.385. The first-order valence-corrected chi connectivity index (χ1v) is 6.33. The standard InChI is InChI=1S/C13H12ClNO3/c14-10-6-7(4-5-11(10)16)15-12(17)8-2-1-3-9(8)13(15)18/h4-6,8-9,16H,1-3H2. The van der Waals surface area contributed by atoms with E-state index in [4.69, 9.17) is 11.6 Å². The summed E-state index contributed by atoms with van der Waals surface area (Å²) in [5.74, 6) is -0.650. The Morgan fingerprint density at radius 3 is 2.33 bits per heavy atom. The average Bonchev–Trinajstić information content (AvgIpc) is 2.89. The van der Waals surface area contributed by atoms with Gasteiger partial charge < -0.3 is 5.11 Å². The van der Waals surface area contributed by atoms with E-state index < -0.39 is 0 Å². The molecular weight excluding hydrogens is 254 g/mol. The van der Waals surface area contributed by atoms with E-state index in [9.17, 15) is 14.7 Å². The summed E-state index contributed by atoms with van der Waals surface area (Å²) in [6.07, 6.45) is 2.52. The zero-order valence-electron chi connectivity index (χ0n) is 9.60. The first-order chi connectivity index (χ1) is 8.59. The molecule has 2 amide bonds. The molecule has 1 aromatic rings. The second-order valence-corrected chi connectivity index (χ2v) is 5.20. The molecule has 0 radical (unpaired) electrons. The van der Waals surface area contributed by atoms with E-state index in [0.29, 0.717) is 5.69 Å². The monoisotopic (exact) mass is 265 g/mol. The molecule has 94 valence electrons. The third-order valence-electron chi connectivity index (χ3n) is 3.78. The summed E-state index contributed by atoms with van der Waals surface area (Å²) in [5, 5.41) is 9.50. The molecule has 1 saturated heterocycles. The molecule has 3 rings (SSSR count). The maximum Gasteiger partial charge on any atom is 0.237 e. The lowest BCUT2D eigenvalue weighted by Crippen LogP contribution is -2.31. The van der Waals surface area contributed by atoms with Crippen LogP contribution in [0, 0.1) is 11.8 Å². The topological polar surface area (TPSA) is 57.6 Å². The van der Waals surface area contributed by atoms with Crippen LogP contribution in [0.3, 0.4) is 0 Å². The van der Waals surface area contributed by atoms with Gasteiger partial charge in [-0.1, -0.05) is 18.0 Å². The number of benzene rings is 1. The molecule has 2 atom stereocenters. The minimum absolute atomic E-state index is 0.0558.